The number of rotatable bonds is 5. The van der Waals surface area contributed by atoms with Crippen molar-refractivity contribution in [2.75, 3.05) is 33.4 Å². The van der Waals surface area contributed by atoms with Gasteiger partial charge in [0.05, 0.1) is 0 Å². The Bertz CT molecular complexity index is 255. The Morgan fingerprint density at radius 1 is 1.47 bits per heavy atom. The molecule has 1 aliphatic heterocycles. The predicted molar refractivity (Wildman–Crippen MR) is 73.1 cm³/mol. The molecule has 0 fully saturated rings. The van der Waals surface area contributed by atoms with Crippen molar-refractivity contribution in [3.8, 4) is 0 Å². The topological polar surface area (TPSA) is 38.5 Å². The van der Waals surface area contributed by atoms with Crippen LogP contribution in [0.25, 0.3) is 0 Å². The fourth-order valence-corrected chi connectivity index (χ4v) is 2.25. The Morgan fingerprint density at radius 2 is 2.18 bits per heavy atom. The van der Waals surface area contributed by atoms with Crippen molar-refractivity contribution in [3.63, 3.8) is 0 Å². The second kappa shape index (κ2) is 6.53. The van der Waals surface area contributed by atoms with Crippen molar-refractivity contribution < 1.29 is 4.74 Å². The van der Waals surface area contributed by atoms with Crippen LogP contribution in [-0.2, 0) is 4.74 Å². The minimum atomic E-state index is 0.236. The molecule has 0 aromatic rings. The number of methoxy groups -OCH3 is 1. The molecule has 3 nitrogen and oxygen atoms in total. The van der Waals surface area contributed by atoms with E-state index >= 15 is 0 Å². The van der Waals surface area contributed by atoms with Crippen molar-refractivity contribution in [1.82, 2.24) is 4.90 Å². The van der Waals surface area contributed by atoms with Crippen molar-refractivity contribution in [2.45, 2.75) is 39.7 Å². The highest BCUT2D eigenvalue weighted by Crippen LogP contribution is 2.29. The Kier molecular flexibility index (Phi) is 5.63. The summed E-state index contributed by atoms with van der Waals surface area (Å²) >= 11 is 0. The van der Waals surface area contributed by atoms with Gasteiger partial charge in [-0.3, -0.25) is 4.90 Å². The van der Waals surface area contributed by atoms with Crippen molar-refractivity contribution in [1.29, 1.82) is 0 Å². The van der Waals surface area contributed by atoms with E-state index in [1.165, 1.54) is 6.42 Å². The lowest BCUT2D eigenvalue weighted by molar-refractivity contribution is 0.176. The minimum absolute atomic E-state index is 0.236. The first kappa shape index (κ1) is 14.7. The summed E-state index contributed by atoms with van der Waals surface area (Å²) in [6.07, 6.45) is 4.51. The fourth-order valence-electron chi connectivity index (χ4n) is 2.25. The number of hydrogen-bond donors (Lipinski definition) is 1. The molecule has 17 heavy (non-hydrogen) atoms. The predicted octanol–water partition coefficient (Wildman–Crippen LogP) is 2.03. The number of hydrogen-bond acceptors (Lipinski definition) is 3. The SMILES string of the molecule is COCCC(N)CN1CC=C(C(C)(C)C)CC1. The Labute approximate surface area is 106 Å². The van der Waals surface area contributed by atoms with Gasteiger partial charge in [-0.05, 0) is 18.3 Å². The maximum atomic E-state index is 6.07. The molecule has 1 aliphatic rings. The quantitative estimate of drug-likeness (QED) is 0.747. The second-order valence-corrected chi connectivity index (χ2v) is 6.03. The van der Waals surface area contributed by atoms with E-state index in [2.05, 4.69) is 31.7 Å². The van der Waals surface area contributed by atoms with Crippen LogP contribution >= 0.6 is 0 Å². The molecule has 0 amide bonds. The Morgan fingerprint density at radius 3 is 2.65 bits per heavy atom. The standard InChI is InChI=1S/C14H28N2O/c1-14(2,3)12-5-8-16(9-6-12)11-13(15)7-10-17-4/h5,13H,6-11,15H2,1-4H3. The summed E-state index contributed by atoms with van der Waals surface area (Å²) in [6.45, 7) is 10.8. The van der Waals surface area contributed by atoms with Crippen LogP contribution in [0.1, 0.15) is 33.6 Å². The molecule has 1 rings (SSSR count). The summed E-state index contributed by atoms with van der Waals surface area (Å²) in [7, 11) is 1.73. The Hall–Kier alpha value is -0.380. The summed E-state index contributed by atoms with van der Waals surface area (Å²) in [5.41, 5.74) is 7.97. The summed E-state index contributed by atoms with van der Waals surface area (Å²) in [5.74, 6) is 0. The zero-order chi connectivity index (χ0) is 12.9. The maximum Gasteiger partial charge on any atom is 0.0477 e. The molecule has 1 heterocycles. The van der Waals surface area contributed by atoms with E-state index in [4.69, 9.17) is 10.5 Å². The average Bonchev–Trinajstić information content (AvgIpc) is 2.26. The zero-order valence-corrected chi connectivity index (χ0v) is 11.8. The van der Waals surface area contributed by atoms with E-state index in [9.17, 15) is 0 Å². The van der Waals surface area contributed by atoms with E-state index in [0.717, 1.165) is 32.7 Å². The highest BCUT2D eigenvalue weighted by molar-refractivity contribution is 5.14. The molecule has 100 valence electrons. The van der Waals surface area contributed by atoms with Gasteiger partial charge in [0.2, 0.25) is 0 Å². The average molecular weight is 240 g/mol. The van der Waals surface area contributed by atoms with Crippen LogP contribution in [0, 0.1) is 5.41 Å². The maximum absolute atomic E-state index is 6.07. The molecular formula is C14H28N2O. The number of ether oxygens (including phenoxy) is 1. The van der Waals surface area contributed by atoms with Gasteiger partial charge in [0.1, 0.15) is 0 Å². The first-order valence-electron chi connectivity index (χ1n) is 6.60. The first-order valence-corrected chi connectivity index (χ1v) is 6.60. The summed E-state index contributed by atoms with van der Waals surface area (Å²) < 4.78 is 5.05. The third kappa shape index (κ3) is 5.19. The van der Waals surface area contributed by atoms with Crippen LogP contribution in [-0.4, -0.2) is 44.3 Å². The van der Waals surface area contributed by atoms with Crippen LogP contribution in [0.5, 0.6) is 0 Å². The molecule has 3 heteroatoms. The van der Waals surface area contributed by atoms with Crippen LogP contribution in [0.3, 0.4) is 0 Å². The van der Waals surface area contributed by atoms with E-state index in [1.54, 1.807) is 12.7 Å². The van der Waals surface area contributed by atoms with Crippen LogP contribution in [0.15, 0.2) is 11.6 Å². The van der Waals surface area contributed by atoms with Crippen LogP contribution in [0.4, 0.5) is 0 Å². The van der Waals surface area contributed by atoms with Gasteiger partial charge in [-0.15, -0.1) is 0 Å². The van der Waals surface area contributed by atoms with Gasteiger partial charge >= 0.3 is 0 Å². The van der Waals surface area contributed by atoms with Crippen LogP contribution in [0.2, 0.25) is 0 Å². The molecule has 0 saturated heterocycles. The molecule has 0 aromatic carbocycles. The molecule has 0 aromatic heterocycles. The van der Waals surface area contributed by atoms with Gasteiger partial charge in [-0.2, -0.15) is 0 Å². The lowest BCUT2D eigenvalue weighted by Crippen LogP contribution is -2.41. The second-order valence-electron chi connectivity index (χ2n) is 6.03. The Balaban J connectivity index is 2.34. The number of nitrogens with zero attached hydrogens (tertiary/aromatic N) is 1. The van der Waals surface area contributed by atoms with Gasteiger partial charge in [-0.1, -0.05) is 32.4 Å². The zero-order valence-electron chi connectivity index (χ0n) is 11.8. The van der Waals surface area contributed by atoms with Crippen molar-refractivity contribution in [2.24, 2.45) is 11.1 Å². The van der Waals surface area contributed by atoms with E-state index in [1.807, 2.05) is 0 Å². The van der Waals surface area contributed by atoms with Gasteiger partial charge < -0.3 is 10.5 Å². The highest BCUT2D eigenvalue weighted by Gasteiger charge is 2.21. The fraction of sp³-hybridized carbons (Fsp3) is 0.857. The van der Waals surface area contributed by atoms with Gasteiger partial charge in [-0.25, -0.2) is 0 Å². The molecule has 0 radical (unpaired) electrons. The van der Waals surface area contributed by atoms with E-state index in [0.29, 0.717) is 5.41 Å². The molecular weight excluding hydrogens is 212 g/mol. The van der Waals surface area contributed by atoms with Crippen molar-refractivity contribution >= 4 is 0 Å². The van der Waals surface area contributed by atoms with Crippen LogP contribution < -0.4 is 5.73 Å². The molecule has 0 spiro atoms. The summed E-state index contributed by atoms with van der Waals surface area (Å²) in [5, 5.41) is 0. The highest BCUT2D eigenvalue weighted by atomic mass is 16.5. The van der Waals surface area contributed by atoms with Gasteiger partial charge in [0.25, 0.3) is 0 Å². The summed E-state index contributed by atoms with van der Waals surface area (Å²) in [4.78, 5) is 2.44. The molecule has 1 atom stereocenters. The minimum Gasteiger partial charge on any atom is -0.385 e. The number of nitrogens with two attached hydrogens (primary N) is 1. The summed E-state index contributed by atoms with van der Waals surface area (Å²) in [6, 6.07) is 0.236. The van der Waals surface area contributed by atoms with Crippen molar-refractivity contribution in [3.05, 3.63) is 11.6 Å². The molecule has 0 aliphatic carbocycles. The normalized spacial score (nSPS) is 20.2. The third-order valence-electron chi connectivity index (χ3n) is 3.44. The largest absolute Gasteiger partial charge is 0.385 e. The lowest BCUT2D eigenvalue weighted by Gasteiger charge is -2.33. The smallest absolute Gasteiger partial charge is 0.0477 e. The lowest BCUT2D eigenvalue weighted by atomic mass is 9.83. The van der Waals surface area contributed by atoms with Gasteiger partial charge in [0, 0.05) is 39.4 Å². The molecule has 1 unspecified atom stereocenters. The molecule has 0 saturated carbocycles. The molecule has 0 bridgehead atoms. The van der Waals surface area contributed by atoms with Gasteiger partial charge in [0.15, 0.2) is 0 Å². The third-order valence-corrected chi connectivity index (χ3v) is 3.44. The van der Waals surface area contributed by atoms with E-state index < -0.39 is 0 Å². The first-order chi connectivity index (χ1) is 7.93. The van der Waals surface area contributed by atoms with E-state index in [-0.39, 0.29) is 6.04 Å². The monoisotopic (exact) mass is 240 g/mol. The molecule has 2 N–H and O–H groups in total.